The minimum Gasteiger partial charge on any atom is -0.462 e. The van der Waals surface area contributed by atoms with Crippen molar-refractivity contribution in [2.75, 3.05) is 18.5 Å². The van der Waals surface area contributed by atoms with Crippen LogP contribution in [-0.2, 0) is 4.74 Å². The van der Waals surface area contributed by atoms with E-state index < -0.39 is 5.97 Å². The van der Waals surface area contributed by atoms with Gasteiger partial charge in [0.1, 0.15) is 5.56 Å². The summed E-state index contributed by atoms with van der Waals surface area (Å²) in [5.41, 5.74) is 1.70. The number of esters is 1. The lowest BCUT2D eigenvalue weighted by Crippen LogP contribution is -2.11. The summed E-state index contributed by atoms with van der Waals surface area (Å²) in [5.74, 6) is -0.409. The molecule has 0 bridgehead atoms. The van der Waals surface area contributed by atoms with Crippen LogP contribution in [0.5, 0.6) is 0 Å². The molecule has 104 valence electrons. The Bertz CT molecular complexity index is 656. The van der Waals surface area contributed by atoms with Crippen LogP contribution in [0.1, 0.15) is 17.3 Å². The van der Waals surface area contributed by atoms with Crippen molar-refractivity contribution in [3.8, 4) is 0 Å². The topological polar surface area (TPSA) is 51.2 Å². The van der Waals surface area contributed by atoms with Gasteiger partial charge >= 0.3 is 5.97 Å². The zero-order chi connectivity index (χ0) is 14.5. The van der Waals surface area contributed by atoms with Gasteiger partial charge in [-0.25, -0.2) is 4.79 Å². The predicted octanol–water partition coefficient (Wildman–Crippen LogP) is 3.66. The van der Waals surface area contributed by atoms with Crippen LogP contribution < -0.4 is 5.32 Å². The van der Waals surface area contributed by atoms with Gasteiger partial charge in [-0.3, -0.25) is 4.98 Å². The summed E-state index contributed by atoms with van der Waals surface area (Å²) in [4.78, 5) is 16.3. The Hall–Kier alpha value is -2.07. The molecule has 0 atom stereocenters. The zero-order valence-corrected chi connectivity index (χ0v) is 11.9. The van der Waals surface area contributed by atoms with Crippen molar-refractivity contribution in [3.63, 3.8) is 0 Å². The molecule has 0 saturated heterocycles. The van der Waals surface area contributed by atoms with Crippen LogP contribution >= 0.6 is 11.6 Å². The minimum atomic E-state index is -0.409. The Labute approximate surface area is 122 Å². The largest absolute Gasteiger partial charge is 0.462 e. The molecule has 0 radical (unpaired) electrons. The summed E-state index contributed by atoms with van der Waals surface area (Å²) in [7, 11) is 0. The van der Waals surface area contributed by atoms with Gasteiger partial charge in [0.25, 0.3) is 0 Å². The molecule has 0 aliphatic heterocycles. The maximum Gasteiger partial charge on any atom is 0.341 e. The van der Waals surface area contributed by atoms with E-state index in [9.17, 15) is 4.79 Å². The molecular weight excluding hydrogens is 276 g/mol. The number of ether oxygens (including phenoxy) is 1. The number of anilines is 1. The molecule has 4 nitrogen and oxygen atoms in total. The highest BCUT2D eigenvalue weighted by molar-refractivity contribution is 6.35. The summed E-state index contributed by atoms with van der Waals surface area (Å²) < 4.78 is 5.05. The number of rotatable bonds is 5. The Morgan fingerprint density at radius 3 is 3.05 bits per heavy atom. The van der Waals surface area contributed by atoms with E-state index in [0.29, 0.717) is 34.9 Å². The summed E-state index contributed by atoms with van der Waals surface area (Å²) in [6, 6.07) is 5.45. The number of aromatic nitrogens is 1. The number of hydrogen-bond acceptors (Lipinski definition) is 4. The maximum atomic E-state index is 12.0. The van der Waals surface area contributed by atoms with E-state index >= 15 is 0 Å². The van der Waals surface area contributed by atoms with Gasteiger partial charge in [-0.15, -0.1) is 6.58 Å². The number of pyridine rings is 1. The zero-order valence-electron chi connectivity index (χ0n) is 11.1. The molecule has 1 N–H and O–H groups in total. The van der Waals surface area contributed by atoms with E-state index in [4.69, 9.17) is 16.3 Å². The molecule has 1 aromatic heterocycles. The van der Waals surface area contributed by atoms with Crippen LogP contribution in [0, 0.1) is 0 Å². The quantitative estimate of drug-likeness (QED) is 0.674. The fourth-order valence-corrected chi connectivity index (χ4v) is 2.14. The van der Waals surface area contributed by atoms with E-state index in [1.165, 1.54) is 6.20 Å². The number of carbonyl (C=O) groups excluding carboxylic acids is 1. The molecule has 0 aliphatic carbocycles. The fourth-order valence-electron chi connectivity index (χ4n) is 1.92. The molecule has 0 unspecified atom stereocenters. The maximum absolute atomic E-state index is 12.0. The molecular formula is C15H15ClN2O2. The highest BCUT2D eigenvalue weighted by atomic mass is 35.5. The van der Waals surface area contributed by atoms with E-state index in [2.05, 4.69) is 16.9 Å². The number of halogens is 1. The van der Waals surface area contributed by atoms with Crippen molar-refractivity contribution in [1.29, 1.82) is 0 Å². The lowest BCUT2D eigenvalue weighted by Gasteiger charge is -2.13. The second-order valence-electron chi connectivity index (χ2n) is 4.07. The van der Waals surface area contributed by atoms with Gasteiger partial charge in [0.05, 0.1) is 22.8 Å². The molecule has 0 spiro atoms. The average Bonchev–Trinajstić information content (AvgIpc) is 2.45. The molecule has 2 aromatic rings. The first-order chi connectivity index (χ1) is 9.69. The van der Waals surface area contributed by atoms with Crippen LogP contribution in [0.25, 0.3) is 10.9 Å². The summed E-state index contributed by atoms with van der Waals surface area (Å²) in [5, 5.41) is 4.48. The predicted molar refractivity (Wildman–Crippen MR) is 81.4 cm³/mol. The Kier molecular flexibility index (Phi) is 4.58. The number of nitrogens with zero attached hydrogens (tertiary/aromatic N) is 1. The van der Waals surface area contributed by atoms with Crippen molar-refractivity contribution in [2.45, 2.75) is 6.92 Å². The van der Waals surface area contributed by atoms with Gasteiger partial charge < -0.3 is 10.1 Å². The number of nitrogens with one attached hydrogen (secondary N) is 1. The van der Waals surface area contributed by atoms with Crippen molar-refractivity contribution < 1.29 is 9.53 Å². The molecule has 5 heteroatoms. The van der Waals surface area contributed by atoms with Crippen molar-refractivity contribution >= 4 is 34.2 Å². The summed E-state index contributed by atoms with van der Waals surface area (Å²) in [6.45, 7) is 6.27. The van der Waals surface area contributed by atoms with E-state index in [1.807, 2.05) is 12.1 Å². The van der Waals surface area contributed by atoms with Gasteiger partial charge in [0.2, 0.25) is 0 Å². The van der Waals surface area contributed by atoms with Crippen LogP contribution in [0.15, 0.2) is 37.1 Å². The molecule has 20 heavy (non-hydrogen) atoms. The van der Waals surface area contributed by atoms with Gasteiger partial charge in [-0.05, 0) is 13.0 Å². The van der Waals surface area contributed by atoms with Gasteiger partial charge in [-0.2, -0.15) is 0 Å². The third-order valence-corrected chi connectivity index (χ3v) is 3.07. The summed E-state index contributed by atoms with van der Waals surface area (Å²) >= 11 is 6.13. The number of fused-ring (bicyclic) bond motifs is 1. The summed E-state index contributed by atoms with van der Waals surface area (Å²) in [6.07, 6.45) is 3.20. The molecule has 0 amide bonds. The smallest absolute Gasteiger partial charge is 0.341 e. The van der Waals surface area contributed by atoms with E-state index in [1.54, 1.807) is 19.1 Å². The number of hydrogen-bond donors (Lipinski definition) is 1. The molecule has 1 aromatic carbocycles. The number of benzene rings is 1. The van der Waals surface area contributed by atoms with Crippen molar-refractivity contribution in [2.24, 2.45) is 0 Å². The lowest BCUT2D eigenvalue weighted by molar-refractivity contribution is 0.0527. The van der Waals surface area contributed by atoms with Crippen LogP contribution in [-0.4, -0.2) is 24.1 Å². The lowest BCUT2D eigenvalue weighted by atomic mass is 10.1. The first-order valence-electron chi connectivity index (χ1n) is 6.28. The van der Waals surface area contributed by atoms with Crippen LogP contribution in [0.3, 0.4) is 0 Å². The number of para-hydroxylation sites is 1. The van der Waals surface area contributed by atoms with Crippen molar-refractivity contribution in [1.82, 2.24) is 4.98 Å². The van der Waals surface area contributed by atoms with E-state index in [0.717, 1.165) is 5.39 Å². The first kappa shape index (κ1) is 14.3. The van der Waals surface area contributed by atoms with Gasteiger partial charge in [0.15, 0.2) is 0 Å². The first-order valence-corrected chi connectivity index (χ1v) is 6.66. The second kappa shape index (κ2) is 6.39. The highest BCUT2D eigenvalue weighted by Crippen LogP contribution is 2.30. The standard InChI is InChI=1S/C15H15ClN2O2/c1-3-8-17-13-10-6-5-7-12(16)14(10)18-9-11(13)15(19)20-4-2/h3,5-7,9H,1,4,8H2,2H3,(H,17,18). The Balaban J connectivity index is 2.62. The second-order valence-corrected chi connectivity index (χ2v) is 4.48. The SMILES string of the molecule is C=CCNc1c(C(=O)OCC)cnc2c(Cl)cccc12. The monoisotopic (exact) mass is 290 g/mol. The average molecular weight is 291 g/mol. The molecule has 0 fully saturated rings. The van der Waals surface area contributed by atoms with E-state index in [-0.39, 0.29) is 0 Å². The molecule has 0 saturated carbocycles. The van der Waals surface area contributed by atoms with Crippen LogP contribution in [0.4, 0.5) is 5.69 Å². The third kappa shape index (κ3) is 2.75. The van der Waals surface area contributed by atoms with Gasteiger partial charge in [0, 0.05) is 18.1 Å². The van der Waals surface area contributed by atoms with Crippen LogP contribution in [0.2, 0.25) is 5.02 Å². The minimum absolute atomic E-state index is 0.313. The Morgan fingerprint density at radius 1 is 1.55 bits per heavy atom. The normalized spacial score (nSPS) is 10.3. The van der Waals surface area contributed by atoms with Crippen molar-refractivity contribution in [3.05, 3.63) is 47.6 Å². The molecule has 1 heterocycles. The molecule has 2 rings (SSSR count). The van der Waals surface area contributed by atoms with Gasteiger partial charge in [-0.1, -0.05) is 29.8 Å². The highest BCUT2D eigenvalue weighted by Gasteiger charge is 2.17. The number of carbonyl (C=O) groups is 1. The Morgan fingerprint density at radius 2 is 2.35 bits per heavy atom. The fraction of sp³-hybridized carbons (Fsp3) is 0.200. The molecule has 0 aliphatic rings. The third-order valence-electron chi connectivity index (χ3n) is 2.77.